The highest BCUT2D eigenvalue weighted by molar-refractivity contribution is 5.73. The monoisotopic (exact) mass is 464 g/mol. The number of halogens is 3. The van der Waals surface area contributed by atoms with Crippen LogP contribution in [0.2, 0.25) is 0 Å². The molecule has 1 spiro atoms. The minimum atomic E-state index is -5.08. The van der Waals surface area contributed by atoms with E-state index < -0.39 is 12.1 Å². The van der Waals surface area contributed by atoms with Crippen LogP contribution < -0.4 is 5.32 Å². The third-order valence-electron chi connectivity index (χ3n) is 6.57. The molecule has 8 heteroatoms. The number of carbonyl (C=O) groups is 1. The van der Waals surface area contributed by atoms with Gasteiger partial charge < -0.3 is 15.2 Å². The Morgan fingerprint density at radius 2 is 1.73 bits per heavy atom. The molecule has 1 aromatic carbocycles. The zero-order chi connectivity index (χ0) is 23.8. The van der Waals surface area contributed by atoms with Gasteiger partial charge in [0.15, 0.2) is 0 Å². The van der Waals surface area contributed by atoms with Crippen molar-refractivity contribution in [3.8, 4) is 0 Å². The fourth-order valence-electron chi connectivity index (χ4n) is 4.95. The number of benzene rings is 1. The molecule has 1 saturated carbocycles. The molecular weight excluding hydrogens is 433 g/mol. The van der Waals surface area contributed by atoms with Gasteiger partial charge in [0.1, 0.15) is 0 Å². The second-order valence-electron chi connectivity index (χ2n) is 8.88. The van der Waals surface area contributed by atoms with Crippen molar-refractivity contribution in [3.05, 3.63) is 66.0 Å². The first-order valence-corrected chi connectivity index (χ1v) is 11.4. The fourth-order valence-corrected chi connectivity index (χ4v) is 4.95. The Balaban J connectivity index is 0.000000383. The topological polar surface area (TPSA) is 71.5 Å². The summed E-state index contributed by atoms with van der Waals surface area (Å²) in [6.07, 6.45) is 5.27. The number of alkyl halides is 3. The van der Waals surface area contributed by atoms with Crippen molar-refractivity contribution in [2.45, 2.75) is 68.7 Å². The molecule has 33 heavy (non-hydrogen) atoms. The van der Waals surface area contributed by atoms with E-state index in [0.717, 1.165) is 39.0 Å². The van der Waals surface area contributed by atoms with E-state index in [0.29, 0.717) is 0 Å². The predicted octanol–water partition coefficient (Wildman–Crippen LogP) is 5.26. The van der Waals surface area contributed by atoms with Crippen LogP contribution in [-0.4, -0.2) is 41.0 Å². The Hall–Kier alpha value is -2.45. The summed E-state index contributed by atoms with van der Waals surface area (Å²) in [5.41, 5.74) is 2.86. The van der Waals surface area contributed by atoms with Crippen molar-refractivity contribution in [1.82, 2.24) is 10.3 Å². The number of nitrogens with one attached hydrogen (secondary N) is 1. The molecule has 180 valence electrons. The minimum absolute atomic E-state index is 0.106. The number of hydrogen-bond donors (Lipinski definition) is 2. The second-order valence-corrected chi connectivity index (χ2v) is 8.88. The van der Waals surface area contributed by atoms with Crippen LogP contribution in [0.4, 0.5) is 13.2 Å². The summed E-state index contributed by atoms with van der Waals surface area (Å²) in [5.74, 6) is -2.76. The number of aromatic nitrogens is 1. The van der Waals surface area contributed by atoms with Gasteiger partial charge in [0, 0.05) is 30.5 Å². The average molecular weight is 465 g/mol. The number of hydrogen-bond acceptors (Lipinski definition) is 4. The van der Waals surface area contributed by atoms with Gasteiger partial charge in [0.25, 0.3) is 0 Å². The molecule has 2 aromatic rings. The van der Waals surface area contributed by atoms with Crippen molar-refractivity contribution in [1.29, 1.82) is 0 Å². The van der Waals surface area contributed by atoms with Crippen LogP contribution in [0.15, 0.2) is 54.7 Å². The summed E-state index contributed by atoms with van der Waals surface area (Å²) in [6, 6.07) is 17.0. The van der Waals surface area contributed by atoms with E-state index in [-0.39, 0.29) is 11.0 Å². The summed E-state index contributed by atoms with van der Waals surface area (Å²) < 4.78 is 38.1. The molecule has 4 rings (SSSR count). The SMILES string of the molecule is O=C(O)C(F)(F)F.c1ccc(CNCC[C@@]2(c3ccccn3)CCOC3(CCCC3)C2)cc1. The third kappa shape index (κ3) is 7.01. The van der Waals surface area contributed by atoms with E-state index in [1.165, 1.54) is 36.9 Å². The third-order valence-corrected chi connectivity index (χ3v) is 6.57. The van der Waals surface area contributed by atoms with Gasteiger partial charge in [0.05, 0.1) is 5.60 Å². The van der Waals surface area contributed by atoms with Crippen LogP contribution in [0, 0.1) is 0 Å². The lowest BCUT2D eigenvalue weighted by Crippen LogP contribution is -2.47. The number of carboxylic acid groups (broad SMARTS) is 1. The van der Waals surface area contributed by atoms with Crippen LogP contribution in [0.25, 0.3) is 0 Å². The maximum absolute atomic E-state index is 10.6. The number of ether oxygens (including phenoxy) is 1. The summed E-state index contributed by atoms with van der Waals surface area (Å²) in [6.45, 7) is 2.82. The second kappa shape index (κ2) is 11.1. The first kappa shape index (κ1) is 25.2. The van der Waals surface area contributed by atoms with Crippen LogP contribution in [-0.2, 0) is 21.5 Å². The maximum atomic E-state index is 10.6. The highest BCUT2D eigenvalue weighted by atomic mass is 19.4. The molecule has 0 radical (unpaired) electrons. The zero-order valence-electron chi connectivity index (χ0n) is 18.6. The minimum Gasteiger partial charge on any atom is -0.475 e. The number of nitrogens with zero attached hydrogens (tertiary/aromatic N) is 1. The van der Waals surface area contributed by atoms with Crippen LogP contribution >= 0.6 is 0 Å². The molecule has 2 aliphatic rings. The summed E-state index contributed by atoms with van der Waals surface area (Å²) in [5, 5.41) is 10.8. The largest absolute Gasteiger partial charge is 0.490 e. The standard InChI is InChI=1S/C23H30N2O.C2HF3O2/c1-2-8-20(9-3-1)18-24-16-13-22(21-10-4-7-15-25-21)14-17-26-23(19-22)11-5-6-12-23;3-2(4,5)1(6)7/h1-4,7-10,15,24H,5-6,11-14,16-19H2;(H,6,7)/t22-;/m1./s1. The molecule has 1 atom stereocenters. The van der Waals surface area contributed by atoms with Crippen molar-refractivity contribution in [2.75, 3.05) is 13.2 Å². The number of rotatable bonds is 6. The van der Waals surface area contributed by atoms with Gasteiger partial charge in [-0.1, -0.05) is 49.2 Å². The fraction of sp³-hybridized carbons (Fsp3) is 0.520. The summed E-state index contributed by atoms with van der Waals surface area (Å²) >= 11 is 0. The van der Waals surface area contributed by atoms with Crippen molar-refractivity contribution < 1.29 is 27.8 Å². The Bertz CT molecular complexity index is 871. The average Bonchev–Trinajstić information content (AvgIpc) is 3.25. The molecular formula is C25H31F3N2O3. The van der Waals surface area contributed by atoms with Crippen molar-refractivity contribution in [3.63, 3.8) is 0 Å². The smallest absolute Gasteiger partial charge is 0.475 e. The Morgan fingerprint density at radius 3 is 2.33 bits per heavy atom. The van der Waals surface area contributed by atoms with E-state index in [1.807, 2.05) is 12.3 Å². The molecule has 2 heterocycles. The van der Waals surface area contributed by atoms with E-state index in [4.69, 9.17) is 19.6 Å². The number of pyridine rings is 1. The maximum Gasteiger partial charge on any atom is 0.490 e. The molecule has 1 aliphatic heterocycles. The van der Waals surface area contributed by atoms with E-state index in [9.17, 15) is 13.2 Å². The van der Waals surface area contributed by atoms with Gasteiger partial charge in [-0.3, -0.25) is 4.98 Å². The summed E-state index contributed by atoms with van der Waals surface area (Å²) in [4.78, 5) is 13.7. The van der Waals surface area contributed by atoms with E-state index in [1.54, 1.807) is 0 Å². The Kier molecular flexibility index (Phi) is 8.48. The van der Waals surface area contributed by atoms with Gasteiger partial charge in [-0.2, -0.15) is 13.2 Å². The number of carboxylic acids is 1. The van der Waals surface area contributed by atoms with Gasteiger partial charge in [-0.25, -0.2) is 4.79 Å². The lowest BCUT2D eigenvalue weighted by atomic mass is 9.68. The summed E-state index contributed by atoms with van der Waals surface area (Å²) in [7, 11) is 0. The van der Waals surface area contributed by atoms with E-state index >= 15 is 0 Å². The van der Waals surface area contributed by atoms with Gasteiger partial charge >= 0.3 is 12.1 Å². The molecule has 0 amide bonds. The Labute approximate surface area is 192 Å². The number of aliphatic carboxylic acids is 1. The van der Waals surface area contributed by atoms with Crippen LogP contribution in [0.1, 0.15) is 56.2 Å². The molecule has 1 saturated heterocycles. The molecule has 0 bridgehead atoms. The van der Waals surface area contributed by atoms with Crippen LogP contribution in [0.5, 0.6) is 0 Å². The lowest BCUT2D eigenvalue weighted by Gasteiger charge is -2.46. The van der Waals surface area contributed by atoms with Crippen molar-refractivity contribution >= 4 is 5.97 Å². The van der Waals surface area contributed by atoms with Gasteiger partial charge in [0.2, 0.25) is 0 Å². The molecule has 0 unspecified atom stereocenters. The zero-order valence-corrected chi connectivity index (χ0v) is 18.6. The Morgan fingerprint density at radius 1 is 1.06 bits per heavy atom. The first-order chi connectivity index (χ1) is 15.7. The van der Waals surface area contributed by atoms with Crippen LogP contribution in [0.3, 0.4) is 0 Å². The normalized spacial score (nSPS) is 21.9. The molecule has 1 aromatic heterocycles. The quantitative estimate of drug-likeness (QED) is 0.571. The van der Waals surface area contributed by atoms with Gasteiger partial charge in [-0.05, 0) is 56.3 Å². The highest BCUT2D eigenvalue weighted by Gasteiger charge is 2.48. The molecule has 2 N–H and O–H groups in total. The molecule has 1 aliphatic carbocycles. The van der Waals surface area contributed by atoms with Crippen molar-refractivity contribution in [2.24, 2.45) is 0 Å². The first-order valence-electron chi connectivity index (χ1n) is 11.4. The van der Waals surface area contributed by atoms with Gasteiger partial charge in [-0.15, -0.1) is 0 Å². The lowest BCUT2D eigenvalue weighted by molar-refractivity contribution is -0.192. The predicted molar refractivity (Wildman–Crippen MR) is 119 cm³/mol. The molecule has 2 fully saturated rings. The molecule has 5 nitrogen and oxygen atoms in total. The van der Waals surface area contributed by atoms with E-state index in [2.05, 4.69) is 47.8 Å². The highest BCUT2D eigenvalue weighted by Crippen LogP contribution is 2.49.